The van der Waals surface area contributed by atoms with Crippen molar-refractivity contribution in [2.75, 3.05) is 0 Å². The van der Waals surface area contributed by atoms with Crippen LogP contribution in [0.15, 0.2) is 12.5 Å². The molecule has 0 N–H and O–H groups in total. The van der Waals surface area contributed by atoms with E-state index in [-0.39, 0.29) is 0 Å². The summed E-state index contributed by atoms with van der Waals surface area (Å²) in [6, 6.07) is 0. The number of hydrogen-bond acceptors (Lipinski definition) is 4. The van der Waals surface area contributed by atoms with Crippen molar-refractivity contribution in [3.8, 4) is 0 Å². The summed E-state index contributed by atoms with van der Waals surface area (Å²) in [4.78, 5) is 4.06. The SMILES string of the molecule is Cc1nc2cnncn2n1. The lowest BCUT2D eigenvalue weighted by molar-refractivity contribution is 0.852. The first-order valence-corrected chi connectivity index (χ1v) is 2.86. The van der Waals surface area contributed by atoms with Gasteiger partial charge in [-0.2, -0.15) is 14.7 Å². The lowest BCUT2D eigenvalue weighted by Gasteiger charge is -1.82. The van der Waals surface area contributed by atoms with E-state index in [1.165, 1.54) is 6.33 Å². The van der Waals surface area contributed by atoms with Gasteiger partial charge in [0.2, 0.25) is 0 Å². The van der Waals surface area contributed by atoms with Gasteiger partial charge in [-0.3, -0.25) is 0 Å². The fourth-order valence-corrected chi connectivity index (χ4v) is 0.783. The zero-order valence-electron chi connectivity index (χ0n) is 5.39. The van der Waals surface area contributed by atoms with E-state index in [9.17, 15) is 0 Å². The summed E-state index contributed by atoms with van der Waals surface area (Å²) in [6.45, 7) is 1.83. The smallest absolute Gasteiger partial charge is 0.177 e. The van der Waals surface area contributed by atoms with E-state index < -0.39 is 0 Å². The van der Waals surface area contributed by atoms with Crippen molar-refractivity contribution in [2.24, 2.45) is 0 Å². The molecule has 10 heavy (non-hydrogen) atoms. The number of rotatable bonds is 0. The van der Waals surface area contributed by atoms with Gasteiger partial charge < -0.3 is 0 Å². The molecule has 0 saturated heterocycles. The van der Waals surface area contributed by atoms with Gasteiger partial charge in [0.25, 0.3) is 0 Å². The fraction of sp³-hybridized carbons (Fsp3) is 0.200. The largest absolute Gasteiger partial charge is 0.210 e. The van der Waals surface area contributed by atoms with Crippen LogP contribution in [-0.4, -0.2) is 24.8 Å². The topological polar surface area (TPSA) is 56.0 Å². The van der Waals surface area contributed by atoms with Crippen molar-refractivity contribution in [3.63, 3.8) is 0 Å². The summed E-state index contributed by atoms with van der Waals surface area (Å²) in [6.07, 6.45) is 3.09. The summed E-state index contributed by atoms with van der Waals surface area (Å²) < 4.78 is 1.59. The highest BCUT2D eigenvalue weighted by Crippen LogP contribution is 1.93. The number of aromatic nitrogens is 5. The Morgan fingerprint density at radius 3 is 3.10 bits per heavy atom. The summed E-state index contributed by atoms with van der Waals surface area (Å²) >= 11 is 0. The third kappa shape index (κ3) is 0.637. The second kappa shape index (κ2) is 1.73. The molecule has 2 aromatic heterocycles. The zero-order valence-corrected chi connectivity index (χ0v) is 5.39. The molecule has 5 nitrogen and oxygen atoms in total. The molecule has 2 rings (SSSR count). The lowest BCUT2D eigenvalue weighted by atomic mass is 10.7. The van der Waals surface area contributed by atoms with Gasteiger partial charge in [0, 0.05) is 0 Å². The molecule has 0 bridgehead atoms. The first-order chi connectivity index (χ1) is 4.86. The molecule has 0 aromatic carbocycles. The normalized spacial score (nSPS) is 10.5. The predicted molar refractivity (Wildman–Crippen MR) is 33.3 cm³/mol. The van der Waals surface area contributed by atoms with Crippen LogP contribution in [0.3, 0.4) is 0 Å². The minimum Gasteiger partial charge on any atom is -0.210 e. The van der Waals surface area contributed by atoms with Crippen molar-refractivity contribution in [1.29, 1.82) is 0 Å². The first kappa shape index (κ1) is 5.28. The quantitative estimate of drug-likeness (QED) is 0.503. The molecule has 0 spiro atoms. The summed E-state index contributed by atoms with van der Waals surface area (Å²) in [7, 11) is 0. The Morgan fingerprint density at radius 1 is 1.40 bits per heavy atom. The molecule has 0 aliphatic carbocycles. The third-order valence-corrected chi connectivity index (χ3v) is 1.16. The van der Waals surface area contributed by atoms with Crippen LogP contribution in [0.2, 0.25) is 0 Å². The van der Waals surface area contributed by atoms with E-state index in [0.717, 1.165) is 11.5 Å². The monoisotopic (exact) mass is 135 g/mol. The van der Waals surface area contributed by atoms with E-state index >= 15 is 0 Å². The Kier molecular flexibility index (Phi) is 0.913. The highest BCUT2D eigenvalue weighted by Gasteiger charge is 1.95. The molecular formula is C5H5N5. The van der Waals surface area contributed by atoms with Crippen LogP contribution >= 0.6 is 0 Å². The van der Waals surface area contributed by atoms with Gasteiger partial charge in [-0.1, -0.05) is 0 Å². The third-order valence-electron chi connectivity index (χ3n) is 1.16. The Hall–Kier alpha value is -1.52. The van der Waals surface area contributed by atoms with Crippen LogP contribution in [0.5, 0.6) is 0 Å². The predicted octanol–water partition coefficient (Wildman–Crippen LogP) is -0.172. The van der Waals surface area contributed by atoms with Gasteiger partial charge >= 0.3 is 0 Å². The minimum atomic E-state index is 0.729. The van der Waals surface area contributed by atoms with Crippen molar-refractivity contribution in [3.05, 3.63) is 18.3 Å². The van der Waals surface area contributed by atoms with Gasteiger partial charge in [0.15, 0.2) is 5.65 Å². The lowest BCUT2D eigenvalue weighted by Crippen LogP contribution is -1.89. The summed E-state index contributed by atoms with van der Waals surface area (Å²) in [5.41, 5.74) is 0.729. The Balaban J connectivity index is 2.88. The van der Waals surface area contributed by atoms with Gasteiger partial charge in [-0.05, 0) is 6.92 Å². The van der Waals surface area contributed by atoms with Gasteiger partial charge in [-0.15, -0.1) is 5.10 Å². The van der Waals surface area contributed by atoms with Crippen LogP contribution in [0.4, 0.5) is 0 Å². The maximum absolute atomic E-state index is 4.06. The van der Waals surface area contributed by atoms with E-state index in [1.807, 2.05) is 6.92 Å². The van der Waals surface area contributed by atoms with Crippen LogP contribution in [-0.2, 0) is 0 Å². The Morgan fingerprint density at radius 2 is 2.30 bits per heavy atom. The van der Waals surface area contributed by atoms with Crippen LogP contribution < -0.4 is 0 Å². The zero-order chi connectivity index (χ0) is 6.97. The molecule has 0 radical (unpaired) electrons. The number of nitrogens with zero attached hydrogens (tertiary/aromatic N) is 5. The molecule has 2 aromatic rings. The van der Waals surface area contributed by atoms with Crippen molar-refractivity contribution in [1.82, 2.24) is 24.8 Å². The van der Waals surface area contributed by atoms with E-state index in [2.05, 4.69) is 20.3 Å². The molecule has 50 valence electrons. The molecule has 0 aliphatic heterocycles. The molecule has 5 heteroatoms. The van der Waals surface area contributed by atoms with E-state index in [1.54, 1.807) is 10.7 Å². The maximum atomic E-state index is 4.06. The maximum Gasteiger partial charge on any atom is 0.177 e. The highest BCUT2D eigenvalue weighted by atomic mass is 15.3. The molecular weight excluding hydrogens is 130 g/mol. The number of fused-ring (bicyclic) bond motifs is 1. The summed E-state index contributed by atoms with van der Waals surface area (Å²) in [5, 5.41) is 11.3. The highest BCUT2D eigenvalue weighted by molar-refractivity contribution is 5.31. The molecule has 0 aliphatic rings. The second-order valence-electron chi connectivity index (χ2n) is 1.94. The van der Waals surface area contributed by atoms with Crippen LogP contribution in [0.1, 0.15) is 5.82 Å². The van der Waals surface area contributed by atoms with Crippen molar-refractivity contribution >= 4 is 5.65 Å². The average Bonchev–Trinajstić information content (AvgIpc) is 2.27. The molecule has 0 amide bonds. The average molecular weight is 135 g/mol. The van der Waals surface area contributed by atoms with Crippen LogP contribution in [0.25, 0.3) is 5.65 Å². The second-order valence-corrected chi connectivity index (χ2v) is 1.94. The minimum absolute atomic E-state index is 0.729. The van der Waals surface area contributed by atoms with Gasteiger partial charge in [0.1, 0.15) is 12.2 Å². The fourth-order valence-electron chi connectivity index (χ4n) is 0.783. The molecule has 0 unspecified atom stereocenters. The Bertz CT molecular complexity index is 319. The van der Waals surface area contributed by atoms with Crippen molar-refractivity contribution < 1.29 is 0 Å². The van der Waals surface area contributed by atoms with E-state index in [0.29, 0.717) is 0 Å². The van der Waals surface area contributed by atoms with Crippen molar-refractivity contribution in [2.45, 2.75) is 6.92 Å². The first-order valence-electron chi connectivity index (χ1n) is 2.86. The molecule has 0 atom stereocenters. The molecule has 2 heterocycles. The van der Waals surface area contributed by atoms with Gasteiger partial charge in [-0.25, -0.2) is 4.98 Å². The number of hydrogen-bond donors (Lipinski definition) is 0. The molecule has 0 fully saturated rings. The van der Waals surface area contributed by atoms with Gasteiger partial charge in [0.05, 0.1) is 6.20 Å². The number of aryl methyl sites for hydroxylation is 1. The standard InChI is InChI=1S/C5H5N5/c1-4-8-5-2-6-7-3-10(5)9-4/h2-3H,1H3. The Labute approximate surface area is 56.7 Å². The van der Waals surface area contributed by atoms with E-state index in [4.69, 9.17) is 0 Å². The summed E-state index contributed by atoms with van der Waals surface area (Å²) in [5.74, 6) is 0.731. The van der Waals surface area contributed by atoms with Crippen LogP contribution in [0, 0.1) is 6.92 Å². The molecule has 0 saturated carbocycles.